The lowest BCUT2D eigenvalue weighted by Crippen LogP contribution is -2.25. The third-order valence-electron chi connectivity index (χ3n) is 0.750. The Morgan fingerprint density at radius 1 is 1.78 bits per heavy atom. The van der Waals surface area contributed by atoms with Crippen LogP contribution in [0.1, 0.15) is 6.92 Å². The summed E-state index contributed by atoms with van der Waals surface area (Å²) < 4.78 is 0. The molecule has 0 radical (unpaired) electrons. The summed E-state index contributed by atoms with van der Waals surface area (Å²) >= 11 is 0. The molecule has 0 saturated carbocycles. The molecule has 0 aliphatic carbocycles. The highest BCUT2D eigenvalue weighted by atomic mass is 16.3. The molecule has 52 valence electrons. The van der Waals surface area contributed by atoms with Gasteiger partial charge in [0.2, 0.25) is 0 Å². The van der Waals surface area contributed by atoms with Crippen molar-refractivity contribution in [2.75, 3.05) is 7.05 Å². The molecule has 0 aliphatic heterocycles. The summed E-state index contributed by atoms with van der Waals surface area (Å²) in [6.45, 7) is 1.54. The molecule has 0 bridgehead atoms. The Balaban J connectivity index is 3.84. The molecule has 3 N–H and O–H groups in total. The van der Waals surface area contributed by atoms with Crippen LogP contribution in [0.25, 0.3) is 0 Å². The van der Waals surface area contributed by atoms with E-state index in [1.807, 2.05) is 0 Å². The fraction of sp³-hybridized carbons (Fsp3) is 0.600. The number of amidine groups is 1. The Kier molecular flexibility index (Phi) is 3.62. The highest BCUT2D eigenvalue weighted by Crippen LogP contribution is 1.77. The molecule has 0 aromatic carbocycles. The lowest BCUT2D eigenvalue weighted by atomic mass is 10.4. The van der Waals surface area contributed by atoms with Crippen molar-refractivity contribution in [3.8, 4) is 0 Å². The molecular formula is C5H11N3O. The Morgan fingerprint density at radius 3 is 2.67 bits per heavy atom. The van der Waals surface area contributed by atoms with E-state index in [0.29, 0.717) is 0 Å². The molecule has 0 amide bonds. The van der Waals surface area contributed by atoms with Gasteiger partial charge in [-0.1, -0.05) is 0 Å². The summed E-state index contributed by atoms with van der Waals surface area (Å²) in [6, 6.07) is 0. The van der Waals surface area contributed by atoms with Crippen molar-refractivity contribution in [3.05, 3.63) is 0 Å². The normalized spacial score (nSPS) is 16.6. The first-order valence-corrected chi connectivity index (χ1v) is 2.60. The summed E-state index contributed by atoms with van der Waals surface area (Å²) in [6.07, 6.45) is 0.602. The van der Waals surface area contributed by atoms with Crippen LogP contribution in [0.5, 0.6) is 0 Å². The number of nitrogens with zero attached hydrogens (tertiary/aromatic N) is 2. The number of hydrogen-bond acceptors (Lipinski definition) is 2. The number of hydrogen-bond donors (Lipinski definition) is 2. The molecule has 0 spiro atoms. The molecule has 4 nitrogen and oxygen atoms in total. The first-order valence-electron chi connectivity index (χ1n) is 2.60. The molecule has 1 unspecified atom stereocenters. The van der Waals surface area contributed by atoms with Gasteiger partial charge in [-0.05, 0) is 6.92 Å². The maximum absolute atomic E-state index is 8.73. The van der Waals surface area contributed by atoms with Crippen LogP contribution in [0.15, 0.2) is 9.98 Å². The quantitative estimate of drug-likeness (QED) is 0.385. The second-order valence-corrected chi connectivity index (χ2v) is 1.60. The zero-order chi connectivity index (χ0) is 7.28. The number of aliphatic hydroxyl groups is 1. The summed E-state index contributed by atoms with van der Waals surface area (Å²) in [5.74, 6) is 0.181. The zero-order valence-corrected chi connectivity index (χ0v) is 5.57. The molecule has 0 aromatic rings. The maximum Gasteiger partial charge on any atom is 0.129 e. The smallest absolute Gasteiger partial charge is 0.129 e. The highest BCUT2D eigenvalue weighted by Gasteiger charge is 1.96. The van der Waals surface area contributed by atoms with Crippen molar-refractivity contribution in [1.29, 1.82) is 0 Å². The van der Waals surface area contributed by atoms with Gasteiger partial charge in [0.15, 0.2) is 0 Å². The van der Waals surface area contributed by atoms with Gasteiger partial charge >= 0.3 is 0 Å². The lowest BCUT2D eigenvalue weighted by Gasteiger charge is -1.98. The van der Waals surface area contributed by atoms with Gasteiger partial charge in [-0.25, -0.2) is 4.99 Å². The summed E-state index contributed by atoms with van der Waals surface area (Å²) in [5.41, 5.74) is 5.21. The van der Waals surface area contributed by atoms with Gasteiger partial charge in [0.1, 0.15) is 18.3 Å². The monoisotopic (exact) mass is 129 g/mol. The van der Waals surface area contributed by atoms with Gasteiger partial charge < -0.3 is 10.8 Å². The predicted octanol–water partition coefficient (Wildman–Crippen LogP) is -0.617. The topological polar surface area (TPSA) is 71.0 Å². The molecule has 9 heavy (non-hydrogen) atoms. The predicted molar refractivity (Wildman–Crippen MR) is 37.7 cm³/mol. The van der Waals surface area contributed by atoms with Crippen LogP contribution in [0.2, 0.25) is 0 Å². The van der Waals surface area contributed by atoms with Crippen molar-refractivity contribution < 1.29 is 5.11 Å². The fourth-order valence-corrected chi connectivity index (χ4v) is 0.232. The Labute approximate surface area is 54.1 Å². The molecule has 0 heterocycles. The Bertz CT molecular complexity index is 128. The van der Waals surface area contributed by atoms with Gasteiger partial charge in [-0.15, -0.1) is 0 Å². The number of aliphatic hydroxyl groups excluding tert-OH is 1. The minimum Gasteiger partial charge on any atom is -0.385 e. The van der Waals surface area contributed by atoms with Crippen molar-refractivity contribution in [1.82, 2.24) is 0 Å². The summed E-state index contributed by atoms with van der Waals surface area (Å²) in [5, 5.41) is 8.73. The van der Waals surface area contributed by atoms with Crippen LogP contribution >= 0.6 is 0 Å². The van der Waals surface area contributed by atoms with Gasteiger partial charge in [-0.3, -0.25) is 4.99 Å². The van der Waals surface area contributed by atoms with Crippen LogP contribution in [0.4, 0.5) is 0 Å². The minimum absolute atomic E-state index is 0.181. The second-order valence-electron chi connectivity index (χ2n) is 1.60. The standard InChI is InChI=1S/C5H11N3O/c1-4(9)5(6)8-3-7-2/h3-4,9H,1-2H3,(H2,6,7,8). The zero-order valence-electron chi connectivity index (χ0n) is 5.57. The largest absolute Gasteiger partial charge is 0.385 e. The van der Waals surface area contributed by atoms with E-state index in [0.717, 1.165) is 0 Å². The van der Waals surface area contributed by atoms with Crippen molar-refractivity contribution >= 4 is 12.2 Å². The number of aliphatic imine (C=N–C) groups is 2. The van der Waals surface area contributed by atoms with E-state index in [1.54, 1.807) is 14.0 Å². The third kappa shape index (κ3) is 3.66. The second kappa shape index (κ2) is 4.03. The average Bonchev–Trinajstić information content (AvgIpc) is 1.82. The Morgan fingerprint density at radius 2 is 2.33 bits per heavy atom. The molecule has 0 aliphatic rings. The lowest BCUT2D eigenvalue weighted by molar-refractivity contribution is 0.261. The molecule has 0 fully saturated rings. The highest BCUT2D eigenvalue weighted by molar-refractivity contribution is 5.90. The maximum atomic E-state index is 8.73. The van der Waals surface area contributed by atoms with E-state index in [1.165, 1.54) is 6.34 Å². The van der Waals surface area contributed by atoms with Crippen molar-refractivity contribution in [3.63, 3.8) is 0 Å². The first kappa shape index (κ1) is 8.10. The SMILES string of the molecule is CN=CN=C(N)C(C)O. The van der Waals surface area contributed by atoms with Crippen molar-refractivity contribution in [2.45, 2.75) is 13.0 Å². The molecular weight excluding hydrogens is 118 g/mol. The van der Waals surface area contributed by atoms with Crippen LogP contribution in [-0.2, 0) is 0 Å². The Hall–Kier alpha value is -0.900. The molecule has 0 rings (SSSR count). The van der Waals surface area contributed by atoms with Crippen LogP contribution in [0, 0.1) is 0 Å². The van der Waals surface area contributed by atoms with Gasteiger partial charge in [0.25, 0.3) is 0 Å². The summed E-state index contributed by atoms with van der Waals surface area (Å²) in [7, 11) is 1.58. The van der Waals surface area contributed by atoms with Crippen LogP contribution in [-0.4, -0.2) is 30.4 Å². The third-order valence-corrected chi connectivity index (χ3v) is 0.750. The molecule has 4 heteroatoms. The first-order chi connectivity index (χ1) is 4.18. The van der Waals surface area contributed by atoms with E-state index >= 15 is 0 Å². The minimum atomic E-state index is -0.692. The van der Waals surface area contributed by atoms with E-state index in [-0.39, 0.29) is 5.84 Å². The molecule has 0 aromatic heterocycles. The van der Waals surface area contributed by atoms with Crippen molar-refractivity contribution in [2.24, 2.45) is 15.7 Å². The van der Waals surface area contributed by atoms with E-state index < -0.39 is 6.10 Å². The average molecular weight is 129 g/mol. The fourth-order valence-electron chi connectivity index (χ4n) is 0.232. The van der Waals surface area contributed by atoms with Gasteiger partial charge in [-0.2, -0.15) is 0 Å². The summed E-state index contributed by atoms with van der Waals surface area (Å²) in [4.78, 5) is 7.15. The van der Waals surface area contributed by atoms with E-state index in [9.17, 15) is 0 Å². The van der Waals surface area contributed by atoms with Gasteiger partial charge in [0.05, 0.1) is 0 Å². The van der Waals surface area contributed by atoms with Gasteiger partial charge in [0, 0.05) is 7.05 Å². The van der Waals surface area contributed by atoms with Crippen LogP contribution < -0.4 is 5.73 Å². The number of rotatable bonds is 2. The van der Waals surface area contributed by atoms with E-state index in [4.69, 9.17) is 10.8 Å². The van der Waals surface area contributed by atoms with E-state index in [2.05, 4.69) is 9.98 Å². The molecule has 0 saturated heterocycles. The van der Waals surface area contributed by atoms with Crippen LogP contribution in [0.3, 0.4) is 0 Å². The molecule has 1 atom stereocenters. The number of nitrogens with two attached hydrogens (primary N) is 1.